The van der Waals surface area contributed by atoms with E-state index in [0.717, 1.165) is 5.56 Å². The Balaban J connectivity index is 1.98. The van der Waals surface area contributed by atoms with Crippen LogP contribution in [0.25, 0.3) is 0 Å². The number of nitrogens with zero attached hydrogens (tertiary/aromatic N) is 1. The maximum atomic E-state index is 12.4. The zero-order chi connectivity index (χ0) is 17.0. The van der Waals surface area contributed by atoms with Gasteiger partial charge in [0.05, 0.1) is 25.1 Å². The minimum absolute atomic E-state index is 0.157. The Morgan fingerprint density at radius 3 is 2.70 bits per heavy atom. The van der Waals surface area contributed by atoms with Crippen molar-refractivity contribution < 1.29 is 24.6 Å². The summed E-state index contributed by atoms with van der Waals surface area (Å²) in [5, 5.41) is 20.8. The van der Waals surface area contributed by atoms with E-state index in [9.17, 15) is 19.5 Å². The van der Waals surface area contributed by atoms with Crippen molar-refractivity contribution in [2.75, 3.05) is 13.1 Å². The predicted molar refractivity (Wildman–Crippen MR) is 81.9 cm³/mol. The quantitative estimate of drug-likeness (QED) is 0.685. The fourth-order valence-corrected chi connectivity index (χ4v) is 2.58. The normalized spacial score (nSPS) is 16.4. The summed E-state index contributed by atoms with van der Waals surface area (Å²) < 4.78 is 0. The average Bonchev–Trinajstić information content (AvgIpc) is 2.49. The van der Waals surface area contributed by atoms with E-state index in [-0.39, 0.29) is 18.9 Å². The smallest absolute Gasteiger partial charge is 0.305 e. The summed E-state index contributed by atoms with van der Waals surface area (Å²) in [6.07, 6.45) is -0.697. The van der Waals surface area contributed by atoms with Crippen molar-refractivity contribution in [2.45, 2.75) is 31.9 Å². The molecule has 1 aliphatic rings. The molecule has 23 heavy (non-hydrogen) atoms. The molecule has 1 aromatic carbocycles. The first-order valence-corrected chi connectivity index (χ1v) is 7.45. The molecule has 124 valence electrons. The third-order valence-electron chi connectivity index (χ3n) is 3.84. The van der Waals surface area contributed by atoms with Crippen LogP contribution in [0.15, 0.2) is 24.3 Å². The van der Waals surface area contributed by atoms with Crippen LogP contribution < -0.4 is 5.32 Å². The topological polar surface area (TPSA) is 107 Å². The number of hydrogen-bond acceptors (Lipinski definition) is 4. The maximum absolute atomic E-state index is 12.4. The molecule has 1 aromatic rings. The van der Waals surface area contributed by atoms with E-state index < -0.39 is 24.0 Å². The van der Waals surface area contributed by atoms with Crippen molar-refractivity contribution in [2.24, 2.45) is 0 Å². The molecule has 1 aliphatic heterocycles. The number of nitrogens with one attached hydrogen (secondary N) is 1. The molecule has 0 aromatic heterocycles. The number of aliphatic hydroxyl groups excluding tert-OH is 1. The maximum Gasteiger partial charge on any atom is 0.305 e. The predicted octanol–water partition coefficient (Wildman–Crippen LogP) is 0.0252. The van der Waals surface area contributed by atoms with E-state index in [1.807, 2.05) is 12.1 Å². The number of aliphatic carboxylic acids is 1. The Kier molecular flexibility index (Phi) is 5.33. The van der Waals surface area contributed by atoms with Gasteiger partial charge in [-0.2, -0.15) is 0 Å². The minimum Gasteiger partial charge on any atom is -0.481 e. The van der Waals surface area contributed by atoms with Crippen molar-refractivity contribution in [3.05, 3.63) is 35.4 Å². The lowest BCUT2D eigenvalue weighted by molar-refractivity contribution is -0.138. The molecule has 2 atom stereocenters. The summed E-state index contributed by atoms with van der Waals surface area (Å²) in [6, 6.07) is 6.38. The van der Waals surface area contributed by atoms with E-state index in [1.54, 1.807) is 12.1 Å². The molecule has 0 saturated carbocycles. The molecule has 0 fully saturated rings. The molecular formula is C16H20N2O5. The Morgan fingerprint density at radius 2 is 2.04 bits per heavy atom. The number of carbonyl (C=O) groups is 3. The van der Waals surface area contributed by atoms with Gasteiger partial charge < -0.3 is 20.4 Å². The molecule has 1 heterocycles. The van der Waals surface area contributed by atoms with Crippen molar-refractivity contribution >= 4 is 17.8 Å². The number of fused-ring (bicyclic) bond motifs is 1. The second kappa shape index (κ2) is 7.23. The van der Waals surface area contributed by atoms with Gasteiger partial charge in [-0.1, -0.05) is 18.2 Å². The lowest BCUT2D eigenvalue weighted by Crippen LogP contribution is -2.49. The molecule has 0 saturated heterocycles. The SMILES string of the molecule is CC(O)C(CC(=O)O)NC(=O)CN1CCc2ccccc2C1=O. The molecule has 0 radical (unpaired) electrons. The summed E-state index contributed by atoms with van der Waals surface area (Å²) in [5.41, 5.74) is 1.55. The first-order chi connectivity index (χ1) is 10.9. The van der Waals surface area contributed by atoms with Crippen LogP contribution >= 0.6 is 0 Å². The van der Waals surface area contributed by atoms with Crippen LogP contribution in [0.4, 0.5) is 0 Å². The zero-order valence-corrected chi connectivity index (χ0v) is 12.9. The molecule has 0 spiro atoms. The molecule has 0 bridgehead atoms. The Hall–Kier alpha value is -2.41. The highest BCUT2D eigenvalue weighted by molar-refractivity contribution is 5.98. The van der Waals surface area contributed by atoms with Crippen LogP contribution in [0.5, 0.6) is 0 Å². The number of aliphatic hydroxyl groups is 1. The number of benzene rings is 1. The second-order valence-corrected chi connectivity index (χ2v) is 5.65. The Morgan fingerprint density at radius 1 is 1.35 bits per heavy atom. The molecule has 7 nitrogen and oxygen atoms in total. The molecule has 2 amide bonds. The molecule has 2 unspecified atom stereocenters. The van der Waals surface area contributed by atoms with Gasteiger partial charge in [0, 0.05) is 12.1 Å². The molecule has 2 rings (SSSR count). The summed E-state index contributed by atoms with van der Waals surface area (Å²) in [4.78, 5) is 36.6. The van der Waals surface area contributed by atoms with Gasteiger partial charge in [0.1, 0.15) is 0 Å². The van der Waals surface area contributed by atoms with E-state index in [4.69, 9.17) is 5.11 Å². The largest absolute Gasteiger partial charge is 0.481 e. The molecular weight excluding hydrogens is 300 g/mol. The lowest BCUT2D eigenvalue weighted by Gasteiger charge is -2.29. The van der Waals surface area contributed by atoms with Crippen LogP contribution in [0.3, 0.4) is 0 Å². The van der Waals surface area contributed by atoms with E-state index in [1.165, 1.54) is 11.8 Å². The van der Waals surface area contributed by atoms with Crippen LogP contribution in [0.1, 0.15) is 29.3 Å². The van der Waals surface area contributed by atoms with E-state index in [2.05, 4.69) is 5.32 Å². The number of carboxylic acid groups (broad SMARTS) is 1. The van der Waals surface area contributed by atoms with Gasteiger partial charge in [0.25, 0.3) is 5.91 Å². The van der Waals surface area contributed by atoms with Gasteiger partial charge in [-0.15, -0.1) is 0 Å². The summed E-state index contributed by atoms with van der Waals surface area (Å²) in [6.45, 7) is 1.69. The van der Waals surface area contributed by atoms with Crippen molar-refractivity contribution in [3.8, 4) is 0 Å². The summed E-state index contributed by atoms with van der Waals surface area (Å²) in [5.74, 6) is -1.81. The van der Waals surface area contributed by atoms with E-state index in [0.29, 0.717) is 18.5 Å². The highest BCUT2D eigenvalue weighted by Crippen LogP contribution is 2.18. The van der Waals surface area contributed by atoms with Gasteiger partial charge >= 0.3 is 5.97 Å². The highest BCUT2D eigenvalue weighted by Gasteiger charge is 2.27. The zero-order valence-electron chi connectivity index (χ0n) is 12.9. The average molecular weight is 320 g/mol. The van der Waals surface area contributed by atoms with Crippen LogP contribution in [0.2, 0.25) is 0 Å². The monoisotopic (exact) mass is 320 g/mol. The van der Waals surface area contributed by atoms with Crippen LogP contribution in [0, 0.1) is 0 Å². The Bertz CT molecular complexity index is 614. The second-order valence-electron chi connectivity index (χ2n) is 5.65. The van der Waals surface area contributed by atoms with Crippen LogP contribution in [-0.2, 0) is 16.0 Å². The Labute approximate surface area is 133 Å². The minimum atomic E-state index is -1.11. The fourth-order valence-electron chi connectivity index (χ4n) is 2.58. The molecule has 7 heteroatoms. The summed E-state index contributed by atoms with van der Waals surface area (Å²) in [7, 11) is 0. The first-order valence-electron chi connectivity index (χ1n) is 7.45. The van der Waals surface area contributed by atoms with Gasteiger partial charge in [0.15, 0.2) is 0 Å². The number of hydrogen-bond donors (Lipinski definition) is 3. The lowest BCUT2D eigenvalue weighted by atomic mass is 9.99. The van der Waals surface area contributed by atoms with Gasteiger partial charge in [-0.05, 0) is 25.0 Å². The number of carboxylic acids is 1. The molecule has 0 aliphatic carbocycles. The van der Waals surface area contributed by atoms with Gasteiger partial charge in [0.2, 0.25) is 5.91 Å². The van der Waals surface area contributed by atoms with Gasteiger partial charge in [-0.25, -0.2) is 0 Å². The number of carbonyl (C=O) groups excluding carboxylic acids is 2. The van der Waals surface area contributed by atoms with Crippen molar-refractivity contribution in [1.82, 2.24) is 10.2 Å². The van der Waals surface area contributed by atoms with Crippen LogP contribution in [-0.4, -0.2) is 58.1 Å². The number of rotatable bonds is 6. The third kappa shape index (κ3) is 4.29. The van der Waals surface area contributed by atoms with E-state index >= 15 is 0 Å². The third-order valence-corrected chi connectivity index (χ3v) is 3.84. The van der Waals surface area contributed by atoms with Gasteiger partial charge in [-0.3, -0.25) is 14.4 Å². The first kappa shape index (κ1) is 17.0. The van der Waals surface area contributed by atoms with Crippen molar-refractivity contribution in [1.29, 1.82) is 0 Å². The fraction of sp³-hybridized carbons (Fsp3) is 0.438. The molecule has 3 N–H and O–H groups in total. The van der Waals surface area contributed by atoms with Crippen molar-refractivity contribution in [3.63, 3.8) is 0 Å². The summed E-state index contributed by atoms with van der Waals surface area (Å²) >= 11 is 0. The highest BCUT2D eigenvalue weighted by atomic mass is 16.4. The standard InChI is InChI=1S/C16H20N2O5/c1-10(19)13(8-15(21)22)17-14(20)9-18-7-6-11-4-2-3-5-12(11)16(18)23/h2-5,10,13,19H,6-9H2,1H3,(H,17,20)(H,21,22). The number of amides is 2.